The molecule has 7 aliphatic heterocycles. The van der Waals surface area contributed by atoms with Crippen molar-refractivity contribution in [2.75, 3.05) is 4.90 Å². The van der Waals surface area contributed by atoms with Crippen molar-refractivity contribution in [1.82, 2.24) is 4.40 Å². The van der Waals surface area contributed by atoms with Crippen LogP contribution in [0.4, 0.5) is 17.1 Å². The van der Waals surface area contributed by atoms with Gasteiger partial charge in [-0.15, -0.1) is 0 Å². The van der Waals surface area contributed by atoms with Crippen LogP contribution in [-0.2, 0) is 0 Å². The lowest BCUT2D eigenvalue weighted by Crippen LogP contribution is -2.57. The first-order valence-electron chi connectivity index (χ1n) is 35.9. The normalized spacial score (nSPS) is 13.6. The fraction of sp³-hybridized carbons (Fsp3) is 0. The summed E-state index contributed by atoms with van der Waals surface area (Å²) in [7, 11) is 0. The molecular weight excluding hydrogens is 1310 g/mol. The minimum absolute atomic E-state index is 0.0328. The van der Waals surface area contributed by atoms with Gasteiger partial charge in [0.1, 0.15) is 51.7 Å². The summed E-state index contributed by atoms with van der Waals surface area (Å²) in [4.78, 5) is 2.29. The van der Waals surface area contributed by atoms with Gasteiger partial charge in [-0.05, 0) is 199 Å². The molecule has 0 saturated heterocycles. The molecule has 0 N–H and O–H groups in total. The first-order chi connectivity index (χ1) is 52.5. The largest absolute Gasteiger partial charge is 0.458 e. The van der Waals surface area contributed by atoms with Gasteiger partial charge in [-0.3, -0.25) is 4.90 Å². The van der Waals surface area contributed by atoms with E-state index in [-0.39, 0.29) is 13.4 Å². The van der Waals surface area contributed by atoms with Gasteiger partial charge in [-0.1, -0.05) is 176 Å². The van der Waals surface area contributed by atoms with Crippen molar-refractivity contribution in [3.8, 4) is 148 Å². The zero-order valence-electron chi connectivity index (χ0n) is 56.2. The van der Waals surface area contributed by atoms with Crippen molar-refractivity contribution in [1.29, 1.82) is 0 Å². The highest BCUT2D eigenvalue weighted by atomic mass is 16.6. The molecule has 0 amide bonds. The number of rotatable bonds is 5. The number of fused-ring (bicyclic) bond motifs is 21. The molecule has 0 fully saturated rings. The maximum absolute atomic E-state index is 7.68. The van der Waals surface area contributed by atoms with Crippen molar-refractivity contribution in [2.24, 2.45) is 0 Å². The van der Waals surface area contributed by atoms with E-state index in [1.54, 1.807) is 0 Å². The quantitative estimate of drug-likeness (QED) is 0.157. The number of nitrogens with zero attached hydrogens (tertiary/aromatic N) is 2. The zero-order chi connectivity index (χ0) is 68.7. The SMILES string of the molecule is c1ccc2c(c1)Oc1cc(-c3cccc4c3Oc3c(-c5cc6c7ccccc7n7c8ccccc8c(c5)c67)ccc(-c5ccc6c(c5)N5c7ccccc7Oc7cc(-c8cccc9cccc(-c%10cc%11c%12c(c%10)Oc%10ccccc%10B%12c%10ccccc%10O%11)c89)cc(c75)O6)c3O4)cc3c1B2c1ccccc1O3. The third-order valence-corrected chi connectivity index (χ3v) is 22.8. The van der Waals surface area contributed by atoms with Gasteiger partial charge in [0.25, 0.3) is 13.4 Å². The minimum Gasteiger partial charge on any atom is -0.458 e. The fourth-order valence-corrected chi connectivity index (χ4v) is 18.3. The van der Waals surface area contributed by atoms with E-state index in [1.807, 2.05) is 48.5 Å². The van der Waals surface area contributed by atoms with E-state index in [9.17, 15) is 0 Å². The van der Waals surface area contributed by atoms with Crippen LogP contribution < -0.4 is 75.6 Å². The Morgan fingerprint density at radius 2 is 0.642 bits per heavy atom. The number of hydrogen-bond acceptors (Lipinski definition) is 9. The van der Waals surface area contributed by atoms with Gasteiger partial charge >= 0.3 is 0 Å². The first-order valence-corrected chi connectivity index (χ1v) is 35.9. The average molecular weight is 1360 g/mol. The second-order valence-electron chi connectivity index (χ2n) is 28.4. The lowest BCUT2D eigenvalue weighted by Gasteiger charge is -2.38. The Balaban J connectivity index is 0.638. The van der Waals surface area contributed by atoms with Crippen LogP contribution in [0.2, 0.25) is 0 Å². The van der Waals surface area contributed by atoms with Crippen LogP contribution in [-0.4, -0.2) is 17.8 Å². The highest BCUT2D eigenvalue weighted by Crippen LogP contribution is 2.63. The molecule has 0 radical (unpaired) electrons. The van der Waals surface area contributed by atoms with Gasteiger partial charge in [0.2, 0.25) is 0 Å². The maximum atomic E-state index is 7.68. The van der Waals surface area contributed by atoms with Crippen molar-refractivity contribution in [2.45, 2.75) is 0 Å². The summed E-state index contributed by atoms with van der Waals surface area (Å²) in [5.41, 5.74) is 21.8. The standard InChI is InChI=1S/C94H50B2N2O8/c1-7-29-70-62(20-1)64-42-53(43-65-63-21-2-8-30-71(63)97(70)90(64)65)61-40-39-60(93-94(61)106-92-59(24-17-37-80(92)105-93)56-47-83-89-84(48-56)102-77-35-13-6-28-69(77)96(89)68-27-5-12-34-76(68)101-83)52-38-41-79-73(44-52)98-72-31-9-14-36-78(72)103-85-49-55(50-86(104-79)91(85)98)58-23-16-19-51-18-15-22-57(87(51)58)54-45-81-88-82(46-54)100-75-33-11-4-26-67(75)95(88)66-25-3-10-32-74(66)99-81/h1-50H. The number of benzene rings is 16. The number of aromatic nitrogens is 1. The molecule has 25 rings (SSSR count). The molecule has 18 aromatic rings. The van der Waals surface area contributed by atoms with E-state index >= 15 is 0 Å². The Morgan fingerprint density at radius 3 is 1.20 bits per heavy atom. The molecule has 490 valence electrons. The van der Waals surface area contributed by atoms with Crippen LogP contribution in [0.3, 0.4) is 0 Å². The van der Waals surface area contributed by atoms with Gasteiger partial charge in [-0.25, -0.2) is 0 Å². The molecule has 0 unspecified atom stereocenters. The molecule has 16 aromatic carbocycles. The monoisotopic (exact) mass is 1360 g/mol. The predicted molar refractivity (Wildman–Crippen MR) is 423 cm³/mol. The van der Waals surface area contributed by atoms with Crippen molar-refractivity contribution < 1.29 is 37.9 Å². The predicted octanol–water partition coefficient (Wildman–Crippen LogP) is 21.4. The molecule has 0 atom stereocenters. The highest BCUT2D eigenvalue weighted by molar-refractivity contribution is 6.99. The summed E-state index contributed by atoms with van der Waals surface area (Å²) < 4.78 is 59.3. The van der Waals surface area contributed by atoms with E-state index in [4.69, 9.17) is 37.9 Å². The number of para-hydroxylation sites is 9. The molecule has 0 aliphatic carbocycles. The Morgan fingerprint density at radius 1 is 0.236 bits per heavy atom. The van der Waals surface area contributed by atoms with Crippen molar-refractivity contribution in [3.05, 3.63) is 303 Å². The highest BCUT2D eigenvalue weighted by Gasteiger charge is 2.44. The van der Waals surface area contributed by atoms with Crippen LogP contribution in [0.25, 0.3) is 105 Å². The summed E-state index contributed by atoms with van der Waals surface area (Å²) >= 11 is 0. The van der Waals surface area contributed by atoms with E-state index in [1.165, 1.54) is 16.3 Å². The van der Waals surface area contributed by atoms with Crippen LogP contribution in [0.15, 0.2) is 303 Å². The summed E-state index contributed by atoms with van der Waals surface area (Å²) in [6.07, 6.45) is 0. The smallest absolute Gasteiger partial charge is 0.260 e. The topological polar surface area (TPSA) is 81.5 Å². The molecule has 0 saturated carbocycles. The minimum atomic E-state index is -0.0703. The second-order valence-corrected chi connectivity index (χ2v) is 28.4. The molecule has 10 nitrogen and oxygen atoms in total. The molecule has 7 aliphatic rings. The van der Waals surface area contributed by atoms with Crippen LogP contribution in [0.5, 0.6) is 92.0 Å². The molecule has 12 heteroatoms. The Kier molecular flexibility index (Phi) is 11.1. The van der Waals surface area contributed by atoms with E-state index in [2.05, 4.69) is 264 Å². The summed E-state index contributed by atoms with van der Waals surface area (Å²) in [6, 6.07) is 106. The summed E-state index contributed by atoms with van der Waals surface area (Å²) in [5.74, 6) is 11.4. The zero-order valence-corrected chi connectivity index (χ0v) is 56.2. The van der Waals surface area contributed by atoms with Gasteiger partial charge in [0.05, 0.1) is 27.9 Å². The number of anilines is 3. The van der Waals surface area contributed by atoms with E-state index < -0.39 is 0 Å². The first kappa shape index (κ1) is 56.5. The molecule has 106 heavy (non-hydrogen) atoms. The van der Waals surface area contributed by atoms with Crippen LogP contribution >= 0.6 is 0 Å². The van der Waals surface area contributed by atoms with Crippen LogP contribution in [0, 0.1) is 0 Å². The molecule has 9 heterocycles. The Labute approximate surface area is 606 Å². The van der Waals surface area contributed by atoms with Crippen molar-refractivity contribution in [3.63, 3.8) is 0 Å². The van der Waals surface area contributed by atoms with Gasteiger partial charge in [0.15, 0.2) is 46.0 Å². The van der Waals surface area contributed by atoms with Gasteiger partial charge in [0, 0.05) is 49.2 Å². The average Bonchev–Trinajstić information content (AvgIpc) is 1.43. The summed E-state index contributed by atoms with van der Waals surface area (Å²) in [6.45, 7) is -0.103. The molecule has 2 aromatic heterocycles. The Hall–Kier alpha value is -14.1. The Bertz CT molecular complexity index is 6800. The fourth-order valence-electron chi connectivity index (χ4n) is 18.3. The van der Waals surface area contributed by atoms with Crippen molar-refractivity contribution >= 4 is 112 Å². The molecule has 0 bridgehead atoms. The van der Waals surface area contributed by atoms with E-state index in [0.717, 1.165) is 184 Å². The van der Waals surface area contributed by atoms with Crippen LogP contribution in [0.1, 0.15) is 0 Å². The lowest BCUT2D eigenvalue weighted by atomic mass is 9.35. The van der Waals surface area contributed by atoms with Gasteiger partial charge in [-0.2, -0.15) is 0 Å². The third-order valence-electron chi connectivity index (χ3n) is 22.8. The summed E-state index contributed by atoms with van der Waals surface area (Å²) in [5, 5.41) is 6.83. The second kappa shape index (κ2) is 20.8. The third kappa shape index (κ3) is 7.75. The number of hydrogen-bond donors (Lipinski definition) is 0. The lowest BCUT2D eigenvalue weighted by molar-refractivity contribution is 0.363. The molecular formula is C94H50B2N2O8. The van der Waals surface area contributed by atoms with Gasteiger partial charge < -0.3 is 42.3 Å². The van der Waals surface area contributed by atoms with E-state index in [0.29, 0.717) is 46.0 Å². The maximum Gasteiger partial charge on any atom is 0.260 e. The molecule has 0 spiro atoms. The number of ether oxygens (including phenoxy) is 8.